The minimum Gasteiger partial charge on any atom is -0.444 e. The summed E-state index contributed by atoms with van der Waals surface area (Å²) >= 11 is 0.653. The van der Waals surface area contributed by atoms with E-state index >= 15 is 0 Å². The molecule has 1 aliphatic rings. The Morgan fingerprint density at radius 3 is 2.92 bits per heavy atom. The first-order valence-corrected chi connectivity index (χ1v) is 8.35. The number of hydrogen-bond donors (Lipinski definition) is 0. The van der Waals surface area contributed by atoms with Gasteiger partial charge < -0.3 is 9.47 Å². The zero-order valence-electron chi connectivity index (χ0n) is 15.5. The number of fused-ring (bicyclic) bond motifs is 1. The fourth-order valence-electron chi connectivity index (χ4n) is 2.64. The molecule has 0 radical (unpaired) electrons. The monoisotopic (exact) mass is 380 g/mol. The van der Waals surface area contributed by atoms with Crippen molar-refractivity contribution in [3.63, 3.8) is 0 Å². The van der Waals surface area contributed by atoms with Crippen LogP contribution in [0.2, 0.25) is 0 Å². The highest BCUT2D eigenvalue weighted by atomic mass is 32.1. The molecule has 3 heterocycles. The Bertz CT molecular complexity index is 855. The molecule has 0 aliphatic carbocycles. The van der Waals surface area contributed by atoms with Crippen molar-refractivity contribution >= 4 is 22.4 Å². The van der Waals surface area contributed by atoms with E-state index in [1.807, 2.05) is 6.92 Å². The summed E-state index contributed by atoms with van der Waals surface area (Å²) in [4.78, 5) is 16.6. The van der Waals surface area contributed by atoms with Gasteiger partial charge in [-0.25, -0.2) is 14.3 Å². The largest absolute Gasteiger partial charge is 0.444 e. The third kappa shape index (κ3) is 3.56. The minimum absolute atomic E-state index is 0.133. The Morgan fingerprint density at radius 2 is 2.28 bits per heavy atom. The molecule has 0 N–H and O–H groups in total. The zero-order valence-corrected chi connectivity index (χ0v) is 14.3. The molecule has 2 aromatic heterocycles. The van der Waals surface area contributed by atoms with Crippen LogP contribution < -0.4 is 0 Å². The quantitative estimate of drug-likeness (QED) is 0.770. The zero-order chi connectivity index (χ0) is 20.0. The van der Waals surface area contributed by atoms with E-state index in [2.05, 4.69) is 14.8 Å². The smallest absolute Gasteiger partial charge is 0.435 e. The molecule has 2 aromatic rings. The molecule has 7 nitrogen and oxygen atoms in total. The normalized spacial score (nSPS) is 20.1. The van der Waals surface area contributed by atoms with Crippen LogP contribution in [0.15, 0.2) is 0 Å². The van der Waals surface area contributed by atoms with Gasteiger partial charge in [-0.15, -0.1) is 0 Å². The predicted molar refractivity (Wildman–Crippen MR) is 82.2 cm³/mol. The number of imidazole rings is 1. The predicted octanol–water partition coefficient (Wildman–Crippen LogP) is 3.08. The number of halogens is 3. The number of carbonyl (C=O) groups excluding carboxylic acids is 1. The van der Waals surface area contributed by atoms with Gasteiger partial charge in [0, 0.05) is 7.11 Å². The van der Waals surface area contributed by atoms with Crippen LogP contribution in [-0.4, -0.2) is 45.3 Å². The number of cyclic esters (lactones) is 1. The van der Waals surface area contributed by atoms with Gasteiger partial charge in [0.05, 0.1) is 28.1 Å². The molecule has 1 atom stereocenters. The van der Waals surface area contributed by atoms with Crippen LogP contribution in [0.25, 0.3) is 4.96 Å². The van der Waals surface area contributed by atoms with Gasteiger partial charge in [0.2, 0.25) is 4.96 Å². The molecule has 1 amide bonds. The summed E-state index contributed by atoms with van der Waals surface area (Å²) in [7, 11) is 1.13. The number of hydrogen-bond acceptors (Lipinski definition) is 6. The summed E-state index contributed by atoms with van der Waals surface area (Å²) < 4.78 is 66.4. The number of methoxy groups -OCH3 is 1. The Kier molecular flexibility index (Phi) is 4.18. The lowest BCUT2D eigenvalue weighted by Gasteiger charge is -2.14. The van der Waals surface area contributed by atoms with E-state index in [1.54, 1.807) is 0 Å². The molecule has 0 saturated carbocycles. The maximum absolute atomic E-state index is 13.4. The van der Waals surface area contributed by atoms with Gasteiger partial charge in [0.25, 0.3) is 0 Å². The number of aromatic nitrogens is 3. The summed E-state index contributed by atoms with van der Waals surface area (Å²) in [5.41, 5.74) is -1.50. The Balaban J connectivity index is 2.00. The summed E-state index contributed by atoms with van der Waals surface area (Å²) in [5, 5.41) is 3.73. The highest BCUT2D eigenvalue weighted by Crippen LogP contribution is 2.34. The summed E-state index contributed by atoms with van der Waals surface area (Å²) in [6.45, 7) is -0.569. The number of alkyl halides is 3. The van der Waals surface area contributed by atoms with Crippen LogP contribution in [-0.2, 0) is 28.8 Å². The maximum Gasteiger partial charge on any atom is 0.435 e. The van der Waals surface area contributed by atoms with Crippen LogP contribution in [0, 0.1) is 0 Å². The molecular weight excluding hydrogens is 361 g/mol. The van der Waals surface area contributed by atoms with Gasteiger partial charge in [0.1, 0.15) is 11.1 Å². The molecule has 1 aliphatic heterocycles. The van der Waals surface area contributed by atoms with Gasteiger partial charge in [-0.3, -0.25) is 4.90 Å². The van der Waals surface area contributed by atoms with E-state index in [4.69, 9.17) is 7.48 Å². The van der Waals surface area contributed by atoms with Gasteiger partial charge in [-0.2, -0.15) is 18.3 Å². The maximum atomic E-state index is 13.4. The molecule has 3 rings (SSSR count). The van der Waals surface area contributed by atoms with Crippen molar-refractivity contribution in [2.24, 2.45) is 0 Å². The first-order chi connectivity index (χ1) is 12.6. The Morgan fingerprint density at radius 1 is 1.52 bits per heavy atom. The van der Waals surface area contributed by atoms with E-state index < -0.39 is 31.1 Å². The van der Waals surface area contributed by atoms with Crippen molar-refractivity contribution in [3.05, 3.63) is 16.4 Å². The van der Waals surface area contributed by atoms with Gasteiger partial charge in [-0.1, -0.05) is 24.7 Å². The topological polar surface area (TPSA) is 69.0 Å². The van der Waals surface area contributed by atoms with E-state index in [9.17, 15) is 18.0 Å². The van der Waals surface area contributed by atoms with E-state index in [0.29, 0.717) is 17.8 Å². The van der Waals surface area contributed by atoms with Crippen molar-refractivity contribution in [3.8, 4) is 0 Å². The molecule has 25 heavy (non-hydrogen) atoms. The first kappa shape index (κ1) is 15.4. The average Bonchev–Trinajstić information content (AvgIpc) is 3.22. The lowest BCUT2D eigenvalue weighted by Crippen LogP contribution is -2.27. The lowest BCUT2D eigenvalue weighted by molar-refractivity contribution is -0.141. The van der Waals surface area contributed by atoms with Crippen LogP contribution in [0.5, 0.6) is 0 Å². The number of rotatable bonds is 6. The number of amides is 1. The molecular formula is C14H17F3N4O3S. The number of carbonyl (C=O) groups is 1. The number of ether oxygens (including phenoxy) is 2. The second kappa shape index (κ2) is 6.79. The van der Waals surface area contributed by atoms with Crippen molar-refractivity contribution in [1.29, 1.82) is 0 Å². The Hall–Kier alpha value is -1.88. The molecule has 1 unspecified atom stereocenters. The van der Waals surface area contributed by atoms with Crippen LogP contribution in [0.4, 0.5) is 18.0 Å². The molecule has 138 valence electrons. The summed E-state index contributed by atoms with van der Waals surface area (Å²) in [5.74, 6) is 0. The van der Waals surface area contributed by atoms with Crippen molar-refractivity contribution in [2.45, 2.75) is 45.1 Å². The standard InChI is InChI=1S/C14H17F3N4O3S/c1-3-4-8-5-20(13(22)24-8)6-9-11(14(15,16)17)18-12-21(9)19-10(25-12)7-23-2/h8H,3-7H2,1-2H3/i7D2. The van der Waals surface area contributed by atoms with Crippen LogP contribution >= 0.6 is 11.3 Å². The fraction of sp³-hybridized carbons (Fsp3) is 0.643. The van der Waals surface area contributed by atoms with Crippen LogP contribution in [0.1, 0.15) is 38.9 Å². The van der Waals surface area contributed by atoms with E-state index in [0.717, 1.165) is 18.0 Å². The molecule has 0 spiro atoms. The molecule has 11 heteroatoms. The van der Waals surface area contributed by atoms with Crippen molar-refractivity contribution in [2.75, 3.05) is 13.7 Å². The van der Waals surface area contributed by atoms with Crippen LogP contribution in [0.3, 0.4) is 0 Å². The third-order valence-electron chi connectivity index (χ3n) is 3.66. The molecule has 1 saturated heterocycles. The average molecular weight is 380 g/mol. The van der Waals surface area contributed by atoms with Gasteiger partial charge in [0.15, 0.2) is 5.69 Å². The highest BCUT2D eigenvalue weighted by molar-refractivity contribution is 7.16. The second-order valence-electron chi connectivity index (χ2n) is 5.49. The molecule has 0 aromatic carbocycles. The van der Waals surface area contributed by atoms with Crippen molar-refractivity contribution < 1.29 is 30.2 Å². The SMILES string of the molecule is [2H]C([2H])(OC)c1nn2c(CN3CC(CCC)OC3=O)c(C(F)(F)F)nc2s1. The molecule has 1 fully saturated rings. The van der Waals surface area contributed by atoms with Gasteiger partial charge in [-0.05, 0) is 6.42 Å². The summed E-state index contributed by atoms with van der Waals surface area (Å²) in [6, 6.07) is 0. The second-order valence-corrected chi connectivity index (χ2v) is 6.44. The third-order valence-corrected chi connectivity index (χ3v) is 4.46. The van der Waals surface area contributed by atoms with E-state index in [-0.39, 0.29) is 28.3 Å². The lowest BCUT2D eigenvalue weighted by atomic mass is 10.2. The highest BCUT2D eigenvalue weighted by Gasteiger charge is 2.41. The Labute approximate surface area is 148 Å². The van der Waals surface area contributed by atoms with Crippen molar-refractivity contribution in [1.82, 2.24) is 19.5 Å². The molecule has 0 bridgehead atoms. The summed E-state index contributed by atoms with van der Waals surface area (Å²) in [6.07, 6.45) is -4.41. The van der Waals surface area contributed by atoms with Gasteiger partial charge >= 0.3 is 12.3 Å². The fourth-order valence-corrected chi connectivity index (χ4v) is 3.44. The van der Waals surface area contributed by atoms with E-state index in [1.165, 1.54) is 4.90 Å². The minimum atomic E-state index is -4.74. The number of nitrogens with zero attached hydrogens (tertiary/aromatic N) is 4. The first-order valence-electron chi connectivity index (χ1n) is 8.53.